The Morgan fingerprint density at radius 2 is 2.05 bits per heavy atom. The van der Waals surface area contributed by atoms with Crippen molar-refractivity contribution in [1.29, 1.82) is 0 Å². The minimum atomic E-state index is -0.689. The Kier molecular flexibility index (Phi) is 3.36. The molecule has 2 bridgehead atoms. The zero-order chi connectivity index (χ0) is 14.7. The number of rotatable bonds is 2. The lowest BCUT2D eigenvalue weighted by molar-refractivity contribution is -0.573. The first-order valence-corrected chi connectivity index (χ1v) is 8.39. The molecule has 0 unspecified atom stereocenters. The van der Waals surface area contributed by atoms with Crippen molar-refractivity contribution in [3.8, 4) is 0 Å². The van der Waals surface area contributed by atoms with Gasteiger partial charge in [0.1, 0.15) is 0 Å². The zero-order valence-corrected chi connectivity index (χ0v) is 13.2. The molecule has 0 radical (unpaired) electrons. The Morgan fingerprint density at radius 3 is 2.86 bits per heavy atom. The monoisotopic (exact) mass is 298 g/mol. The minimum Gasteiger partial charge on any atom is -0.353 e. The Balaban J connectivity index is 1.71. The molecule has 5 aliphatic rings. The number of hydrogen-bond acceptors (Lipinski definition) is 5. The highest BCUT2D eigenvalue weighted by Crippen LogP contribution is 2.59. The fourth-order valence-corrected chi connectivity index (χ4v) is 4.86. The average molecular weight is 298 g/mol. The second-order valence-corrected chi connectivity index (χ2v) is 7.26. The molecule has 0 aromatic carbocycles. The van der Waals surface area contributed by atoms with Gasteiger partial charge in [-0.15, -0.1) is 0 Å². The van der Waals surface area contributed by atoms with Crippen molar-refractivity contribution in [2.75, 3.05) is 6.61 Å². The van der Waals surface area contributed by atoms with Crippen LogP contribution in [0.5, 0.6) is 0 Å². The molecule has 5 heteroatoms. The summed E-state index contributed by atoms with van der Waals surface area (Å²) in [4.78, 5) is 11.7. The van der Waals surface area contributed by atoms with E-state index in [0.717, 1.165) is 25.7 Å². The fourth-order valence-electron chi connectivity index (χ4n) is 4.86. The van der Waals surface area contributed by atoms with Crippen molar-refractivity contribution in [3.05, 3.63) is 0 Å². The van der Waals surface area contributed by atoms with Gasteiger partial charge in [0.15, 0.2) is 18.2 Å². The Bertz CT molecular complexity index is 411. The van der Waals surface area contributed by atoms with E-state index in [-0.39, 0.29) is 12.6 Å². The summed E-state index contributed by atoms with van der Waals surface area (Å²) in [6.07, 6.45) is 4.62. The van der Waals surface area contributed by atoms with E-state index in [4.69, 9.17) is 24.0 Å². The molecule has 1 aliphatic carbocycles. The predicted octanol–water partition coefficient (Wildman–Crippen LogP) is 2.98. The molecule has 120 valence electrons. The Hall–Kier alpha value is -0.200. The molecule has 4 saturated heterocycles. The minimum absolute atomic E-state index is 0.184. The summed E-state index contributed by atoms with van der Waals surface area (Å²) in [7, 11) is 0. The lowest BCUT2D eigenvalue weighted by Gasteiger charge is -2.58. The molecular weight excluding hydrogens is 272 g/mol. The van der Waals surface area contributed by atoms with Crippen LogP contribution in [-0.2, 0) is 24.0 Å². The first kappa shape index (κ1) is 14.4. The quantitative estimate of drug-likeness (QED) is 0.733. The molecule has 4 heterocycles. The Morgan fingerprint density at radius 1 is 1.19 bits per heavy atom. The highest BCUT2D eigenvalue weighted by atomic mass is 17.3. The van der Waals surface area contributed by atoms with Gasteiger partial charge < -0.3 is 14.2 Å². The normalized spacial score (nSPS) is 55.9. The van der Waals surface area contributed by atoms with Gasteiger partial charge in [0.25, 0.3) is 0 Å². The molecule has 0 amide bonds. The Labute approximate surface area is 126 Å². The third kappa shape index (κ3) is 2.01. The van der Waals surface area contributed by atoms with Crippen LogP contribution in [0.3, 0.4) is 0 Å². The SMILES string of the molecule is CCO[C@@H]1C[C@@H]2CC[C@@H](C)[C@@H]3CC[C@]4(C)OO[C@@]23[C@H](O1)O4. The maximum absolute atomic E-state index is 6.20. The van der Waals surface area contributed by atoms with Gasteiger partial charge in [-0.25, -0.2) is 9.78 Å². The second-order valence-electron chi connectivity index (χ2n) is 7.26. The maximum Gasteiger partial charge on any atom is 0.201 e. The molecule has 5 rings (SSSR count). The summed E-state index contributed by atoms with van der Waals surface area (Å²) in [5.41, 5.74) is -0.443. The third-order valence-electron chi connectivity index (χ3n) is 5.98. The molecule has 1 spiro atoms. The number of hydrogen-bond donors (Lipinski definition) is 0. The van der Waals surface area contributed by atoms with Gasteiger partial charge in [0.2, 0.25) is 5.79 Å². The molecule has 5 fully saturated rings. The fraction of sp³-hybridized carbons (Fsp3) is 1.00. The predicted molar refractivity (Wildman–Crippen MR) is 73.9 cm³/mol. The summed E-state index contributed by atoms with van der Waals surface area (Å²) < 4.78 is 18.1. The molecule has 0 N–H and O–H groups in total. The molecule has 5 nitrogen and oxygen atoms in total. The van der Waals surface area contributed by atoms with Crippen molar-refractivity contribution < 1.29 is 24.0 Å². The summed E-state index contributed by atoms with van der Waals surface area (Å²) in [6.45, 7) is 6.93. The average Bonchev–Trinajstić information content (AvgIpc) is 2.68. The van der Waals surface area contributed by atoms with Crippen molar-refractivity contribution in [2.24, 2.45) is 17.8 Å². The van der Waals surface area contributed by atoms with Crippen LogP contribution in [-0.4, -0.2) is 30.6 Å². The van der Waals surface area contributed by atoms with E-state index in [1.807, 2.05) is 13.8 Å². The van der Waals surface area contributed by atoms with Crippen molar-refractivity contribution in [3.63, 3.8) is 0 Å². The molecule has 21 heavy (non-hydrogen) atoms. The van der Waals surface area contributed by atoms with Crippen molar-refractivity contribution >= 4 is 0 Å². The second kappa shape index (κ2) is 4.90. The smallest absolute Gasteiger partial charge is 0.201 e. The molecule has 1 saturated carbocycles. The van der Waals surface area contributed by atoms with E-state index in [9.17, 15) is 0 Å². The van der Waals surface area contributed by atoms with Crippen LogP contribution in [0.4, 0.5) is 0 Å². The van der Waals surface area contributed by atoms with E-state index >= 15 is 0 Å². The standard InChI is InChI=1S/C16H26O5/c1-4-17-13-9-11-6-5-10(2)12-7-8-15(3)19-14(18-13)16(11,12)21-20-15/h10-14H,4-9H2,1-3H3/t10-,11+,12+,13+,14-,15+,16+/m1/s1. The largest absolute Gasteiger partial charge is 0.353 e. The van der Waals surface area contributed by atoms with Crippen LogP contribution in [0.15, 0.2) is 0 Å². The van der Waals surface area contributed by atoms with E-state index in [0.29, 0.717) is 24.4 Å². The molecular formula is C16H26O5. The van der Waals surface area contributed by atoms with Crippen LogP contribution < -0.4 is 0 Å². The first-order valence-electron chi connectivity index (χ1n) is 8.39. The molecule has 0 aromatic rings. The van der Waals surface area contributed by atoms with Gasteiger partial charge in [0.05, 0.1) is 0 Å². The van der Waals surface area contributed by atoms with E-state index < -0.39 is 11.4 Å². The maximum atomic E-state index is 6.20. The highest BCUT2D eigenvalue weighted by Gasteiger charge is 2.67. The van der Waals surface area contributed by atoms with Gasteiger partial charge in [-0.1, -0.05) is 6.92 Å². The van der Waals surface area contributed by atoms with Crippen LogP contribution >= 0.6 is 0 Å². The van der Waals surface area contributed by atoms with E-state index in [1.54, 1.807) is 0 Å². The van der Waals surface area contributed by atoms with Crippen LogP contribution in [0.2, 0.25) is 0 Å². The summed E-state index contributed by atoms with van der Waals surface area (Å²) in [6, 6.07) is 0. The zero-order valence-electron chi connectivity index (χ0n) is 13.2. The van der Waals surface area contributed by atoms with Gasteiger partial charge in [0, 0.05) is 25.4 Å². The van der Waals surface area contributed by atoms with Crippen LogP contribution in [0.25, 0.3) is 0 Å². The molecule has 7 atom stereocenters. The molecule has 0 aromatic heterocycles. The van der Waals surface area contributed by atoms with Crippen LogP contribution in [0, 0.1) is 17.8 Å². The van der Waals surface area contributed by atoms with E-state index in [2.05, 4.69) is 6.92 Å². The lowest BCUT2D eigenvalue weighted by Crippen LogP contribution is -2.68. The lowest BCUT2D eigenvalue weighted by atomic mass is 9.60. The first-order chi connectivity index (χ1) is 10.1. The van der Waals surface area contributed by atoms with Gasteiger partial charge in [-0.3, -0.25) is 0 Å². The van der Waals surface area contributed by atoms with Crippen molar-refractivity contribution in [1.82, 2.24) is 0 Å². The number of ether oxygens (including phenoxy) is 3. The van der Waals surface area contributed by atoms with Gasteiger partial charge in [-0.2, -0.15) is 0 Å². The summed E-state index contributed by atoms with van der Waals surface area (Å²) in [5.74, 6) is 0.750. The number of fused-ring (bicyclic) bond motifs is 2. The summed E-state index contributed by atoms with van der Waals surface area (Å²) in [5, 5.41) is 0. The van der Waals surface area contributed by atoms with Crippen LogP contribution in [0.1, 0.15) is 52.9 Å². The third-order valence-corrected chi connectivity index (χ3v) is 5.98. The summed E-state index contributed by atoms with van der Waals surface area (Å²) >= 11 is 0. The van der Waals surface area contributed by atoms with Gasteiger partial charge in [-0.05, 0) is 44.9 Å². The molecule has 4 aliphatic heterocycles. The van der Waals surface area contributed by atoms with Gasteiger partial charge >= 0.3 is 0 Å². The highest BCUT2D eigenvalue weighted by molar-refractivity contribution is 5.07. The topological polar surface area (TPSA) is 46.2 Å². The van der Waals surface area contributed by atoms with E-state index in [1.165, 1.54) is 6.42 Å². The van der Waals surface area contributed by atoms with Crippen molar-refractivity contribution in [2.45, 2.75) is 76.8 Å².